The van der Waals surface area contributed by atoms with Crippen molar-refractivity contribution in [3.8, 4) is 5.75 Å². The zero-order valence-electron chi connectivity index (χ0n) is 15.1. The minimum absolute atomic E-state index is 0.102. The number of hydrogen-bond donors (Lipinski definition) is 1. The summed E-state index contributed by atoms with van der Waals surface area (Å²) in [6.45, 7) is 1.38. The zero-order valence-corrected chi connectivity index (χ0v) is 16.7. The lowest BCUT2D eigenvalue weighted by Gasteiger charge is -2.12. The van der Waals surface area contributed by atoms with Crippen LogP contribution in [0.15, 0.2) is 39.3 Å². The third kappa shape index (κ3) is 4.94. The molecule has 0 saturated heterocycles. The van der Waals surface area contributed by atoms with Crippen molar-refractivity contribution in [2.75, 3.05) is 13.7 Å². The van der Waals surface area contributed by atoms with Crippen molar-refractivity contribution in [2.24, 2.45) is 4.99 Å². The topological polar surface area (TPSA) is 68.1 Å². The first-order valence-corrected chi connectivity index (χ1v) is 8.81. The molecule has 0 fully saturated rings. The van der Waals surface area contributed by atoms with Crippen molar-refractivity contribution in [1.29, 1.82) is 0 Å². The summed E-state index contributed by atoms with van der Waals surface area (Å²) < 4.78 is 64.7. The number of carbonyl (C=O) groups is 1. The summed E-state index contributed by atoms with van der Waals surface area (Å²) in [5, 5.41) is 10.4. The van der Waals surface area contributed by atoms with Crippen molar-refractivity contribution < 1.29 is 36.9 Å². The molecule has 0 aromatic heterocycles. The first-order valence-electron chi connectivity index (χ1n) is 8.02. The Balaban J connectivity index is 2.65. The van der Waals surface area contributed by atoms with Gasteiger partial charge in [0.25, 0.3) is 0 Å². The Kier molecular flexibility index (Phi) is 7.38. The van der Waals surface area contributed by atoms with Gasteiger partial charge in [-0.2, -0.15) is 0 Å². The second-order valence-electron chi connectivity index (χ2n) is 5.40. The monoisotopic (exact) mass is 475 g/mol. The molecule has 0 atom stereocenters. The maximum atomic E-state index is 14.6. The van der Waals surface area contributed by atoms with E-state index < -0.39 is 51.9 Å². The van der Waals surface area contributed by atoms with Gasteiger partial charge in [0.05, 0.1) is 29.4 Å². The number of aliphatic imine (C=N–C) groups is 1. The highest BCUT2D eigenvalue weighted by Gasteiger charge is 2.24. The van der Waals surface area contributed by atoms with Crippen molar-refractivity contribution in [2.45, 2.75) is 6.92 Å². The first-order chi connectivity index (χ1) is 13.7. The summed E-state index contributed by atoms with van der Waals surface area (Å²) in [4.78, 5) is 15.9. The fourth-order valence-corrected chi connectivity index (χ4v) is 2.67. The number of benzene rings is 2. The van der Waals surface area contributed by atoms with E-state index in [4.69, 9.17) is 9.47 Å². The van der Waals surface area contributed by atoms with Crippen molar-refractivity contribution in [3.63, 3.8) is 0 Å². The lowest BCUT2D eigenvalue weighted by atomic mass is 10.1. The lowest BCUT2D eigenvalue weighted by Crippen LogP contribution is -2.12. The van der Waals surface area contributed by atoms with E-state index in [-0.39, 0.29) is 16.8 Å². The van der Waals surface area contributed by atoms with Crippen LogP contribution in [0.2, 0.25) is 0 Å². The molecule has 0 radical (unpaired) electrons. The van der Waals surface area contributed by atoms with E-state index in [1.807, 2.05) is 0 Å². The average molecular weight is 476 g/mol. The molecule has 2 aromatic carbocycles. The molecule has 0 saturated carbocycles. The van der Waals surface area contributed by atoms with Crippen LogP contribution < -0.4 is 4.74 Å². The predicted octanol–water partition coefficient (Wildman–Crippen LogP) is 5.25. The van der Waals surface area contributed by atoms with E-state index in [0.717, 1.165) is 19.2 Å². The van der Waals surface area contributed by atoms with Gasteiger partial charge in [-0.15, -0.1) is 0 Å². The maximum absolute atomic E-state index is 14.6. The maximum Gasteiger partial charge on any atom is 0.343 e. The van der Waals surface area contributed by atoms with Crippen molar-refractivity contribution in [3.05, 3.63) is 63.1 Å². The van der Waals surface area contributed by atoms with E-state index in [1.54, 1.807) is 0 Å². The molecule has 5 nitrogen and oxygen atoms in total. The van der Waals surface area contributed by atoms with Gasteiger partial charge in [0.15, 0.2) is 17.4 Å². The zero-order chi connectivity index (χ0) is 21.7. The predicted molar refractivity (Wildman–Crippen MR) is 101 cm³/mol. The third-order valence-corrected chi connectivity index (χ3v) is 4.31. The van der Waals surface area contributed by atoms with E-state index in [0.29, 0.717) is 18.3 Å². The van der Waals surface area contributed by atoms with Crippen LogP contribution in [0, 0.1) is 23.3 Å². The van der Waals surface area contributed by atoms with Gasteiger partial charge >= 0.3 is 5.97 Å². The molecule has 10 heteroatoms. The number of rotatable bonds is 6. The van der Waals surface area contributed by atoms with Gasteiger partial charge in [-0.25, -0.2) is 22.4 Å². The number of hydrogen-bond acceptors (Lipinski definition) is 5. The van der Waals surface area contributed by atoms with Crippen LogP contribution in [-0.2, 0) is 9.53 Å². The Labute approximate surface area is 171 Å². The Morgan fingerprint density at radius 2 is 1.90 bits per heavy atom. The van der Waals surface area contributed by atoms with Crippen LogP contribution in [0.3, 0.4) is 0 Å². The summed E-state index contributed by atoms with van der Waals surface area (Å²) >= 11 is 2.81. The van der Waals surface area contributed by atoms with Gasteiger partial charge in [-0.1, -0.05) is 0 Å². The fourth-order valence-electron chi connectivity index (χ4n) is 2.22. The summed E-state index contributed by atoms with van der Waals surface area (Å²) in [7, 11) is 1.08. The van der Waals surface area contributed by atoms with Crippen molar-refractivity contribution in [1.82, 2.24) is 0 Å². The van der Waals surface area contributed by atoms with Crippen LogP contribution in [-0.4, -0.2) is 31.0 Å². The molecular weight excluding hydrogens is 462 g/mol. The largest absolute Gasteiger partial charge is 0.506 e. The lowest BCUT2D eigenvalue weighted by molar-refractivity contribution is -0.137. The number of ether oxygens (including phenoxy) is 2. The molecule has 2 rings (SSSR count). The van der Waals surface area contributed by atoms with Crippen LogP contribution in [0.4, 0.5) is 23.2 Å². The van der Waals surface area contributed by atoms with Crippen LogP contribution >= 0.6 is 15.9 Å². The molecule has 29 heavy (non-hydrogen) atoms. The molecule has 0 unspecified atom stereocenters. The molecule has 0 amide bonds. The summed E-state index contributed by atoms with van der Waals surface area (Å²) in [5.41, 5.74) is -1.75. The Morgan fingerprint density at radius 1 is 1.21 bits per heavy atom. The highest BCUT2D eigenvalue weighted by atomic mass is 79.9. The molecule has 0 aliphatic carbocycles. The van der Waals surface area contributed by atoms with Gasteiger partial charge < -0.3 is 14.6 Å². The number of aliphatic hydroxyl groups is 1. The van der Waals surface area contributed by atoms with Gasteiger partial charge in [0.2, 0.25) is 0 Å². The molecule has 2 aromatic rings. The first kappa shape index (κ1) is 22.4. The molecule has 1 N–H and O–H groups in total. The minimum Gasteiger partial charge on any atom is -0.506 e. The van der Waals surface area contributed by atoms with Gasteiger partial charge in [0, 0.05) is 12.3 Å². The molecule has 0 bridgehead atoms. The SMILES string of the molecule is CCOC(=O)C(C=Nc1ccc(F)cc1F)=C(O)c1cc(F)c(Br)c(OC)c1F. The quantitative estimate of drug-likeness (QED) is 0.155. The molecule has 154 valence electrons. The van der Waals surface area contributed by atoms with Gasteiger partial charge in [-0.05, 0) is 41.1 Å². The number of methoxy groups -OCH3 is 1. The minimum atomic E-state index is -1.17. The average Bonchev–Trinajstić information content (AvgIpc) is 2.67. The summed E-state index contributed by atoms with van der Waals surface area (Å²) in [6, 6.07) is 3.11. The second kappa shape index (κ2) is 9.55. The Hall–Kier alpha value is -2.88. The van der Waals surface area contributed by atoms with E-state index in [1.165, 1.54) is 6.92 Å². The number of nitrogens with zero attached hydrogens (tertiary/aromatic N) is 1. The normalized spacial score (nSPS) is 12.1. The van der Waals surface area contributed by atoms with Crippen LogP contribution in [0.25, 0.3) is 5.76 Å². The van der Waals surface area contributed by atoms with E-state index in [2.05, 4.69) is 20.9 Å². The summed E-state index contributed by atoms with van der Waals surface area (Å²) in [5.74, 6) is -6.71. The Bertz CT molecular complexity index is 1010. The van der Waals surface area contributed by atoms with Crippen molar-refractivity contribution >= 4 is 39.6 Å². The number of halogens is 5. The number of aliphatic hydroxyl groups excluding tert-OH is 1. The fraction of sp³-hybridized carbons (Fsp3) is 0.158. The number of carbonyl (C=O) groups excluding carboxylic acids is 1. The molecule has 0 aliphatic heterocycles. The highest BCUT2D eigenvalue weighted by molar-refractivity contribution is 9.10. The number of esters is 1. The molecule has 0 heterocycles. The smallest absolute Gasteiger partial charge is 0.343 e. The van der Waals surface area contributed by atoms with E-state index >= 15 is 0 Å². The van der Waals surface area contributed by atoms with Gasteiger partial charge in [-0.3, -0.25) is 4.99 Å². The molecule has 0 spiro atoms. The standard InChI is InChI=1S/C19H14BrF4NO4/c1-3-29-19(27)11(8-25-14-5-4-9(21)6-12(14)22)17(26)10-7-13(23)15(20)18(28-2)16(10)24/h4-8,26H,3H2,1-2H3. The second-order valence-corrected chi connectivity index (χ2v) is 6.20. The summed E-state index contributed by atoms with van der Waals surface area (Å²) in [6.07, 6.45) is 0.704. The van der Waals surface area contributed by atoms with Crippen LogP contribution in [0.5, 0.6) is 5.75 Å². The van der Waals surface area contributed by atoms with Crippen LogP contribution in [0.1, 0.15) is 12.5 Å². The molecular formula is C19H14BrF4NO4. The molecule has 0 aliphatic rings. The Morgan fingerprint density at radius 3 is 2.48 bits per heavy atom. The third-order valence-electron chi connectivity index (χ3n) is 3.57. The van der Waals surface area contributed by atoms with Gasteiger partial charge in [0.1, 0.15) is 23.0 Å². The highest BCUT2D eigenvalue weighted by Crippen LogP contribution is 2.35. The van der Waals surface area contributed by atoms with E-state index in [9.17, 15) is 27.5 Å².